The minimum Gasteiger partial charge on any atom is -0.316 e. The Morgan fingerprint density at radius 3 is 2.67 bits per heavy atom. The van der Waals surface area contributed by atoms with Crippen molar-refractivity contribution < 1.29 is 8.78 Å². The van der Waals surface area contributed by atoms with Gasteiger partial charge in [-0.15, -0.1) is 0 Å². The van der Waals surface area contributed by atoms with Crippen molar-refractivity contribution in [1.29, 1.82) is 0 Å². The summed E-state index contributed by atoms with van der Waals surface area (Å²) in [5, 5.41) is 0. The topological polar surface area (TPSA) is 32.9 Å². The normalized spacial score (nSPS) is 10.8. The summed E-state index contributed by atoms with van der Waals surface area (Å²) in [6.45, 7) is 1.52. The van der Waals surface area contributed by atoms with Crippen LogP contribution in [0.1, 0.15) is 17.6 Å². The number of alkyl halides is 2. The van der Waals surface area contributed by atoms with Crippen LogP contribution in [0.15, 0.2) is 15.5 Å². The lowest BCUT2D eigenvalue weighted by Crippen LogP contribution is -2.08. The maximum atomic E-state index is 12.2. The van der Waals surface area contributed by atoms with Gasteiger partial charge in [0.1, 0.15) is 0 Å². The SMILES string of the molecule is Cc1c(C(F)F)cc(=O)[nH]c1Br. The van der Waals surface area contributed by atoms with Gasteiger partial charge in [0.15, 0.2) is 0 Å². The van der Waals surface area contributed by atoms with E-state index < -0.39 is 12.0 Å². The number of halogens is 3. The summed E-state index contributed by atoms with van der Waals surface area (Å²) in [5.74, 6) is 0. The largest absolute Gasteiger partial charge is 0.316 e. The van der Waals surface area contributed by atoms with E-state index >= 15 is 0 Å². The second kappa shape index (κ2) is 3.35. The Labute approximate surface area is 75.7 Å². The Bertz CT molecular complexity index is 348. The Morgan fingerprint density at radius 1 is 1.58 bits per heavy atom. The van der Waals surface area contributed by atoms with Crippen molar-refractivity contribution in [1.82, 2.24) is 4.98 Å². The Morgan fingerprint density at radius 2 is 2.17 bits per heavy atom. The van der Waals surface area contributed by atoms with Crippen molar-refractivity contribution in [3.63, 3.8) is 0 Å². The number of nitrogens with one attached hydrogen (secondary N) is 1. The number of hydrogen-bond donors (Lipinski definition) is 1. The highest BCUT2D eigenvalue weighted by Gasteiger charge is 2.13. The van der Waals surface area contributed by atoms with Crippen LogP contribution in [0.25, 0.3) is 0 Å². The number of H-pyrrole nitrogens is 1. The van der Waals surface area contributed by atoms with Gasteiger partial charge in [-0.1, -0.05) is 0 Å². The standard InChI is InChI=1S/C7H6BrF2NO/c1-3-4(7(9)10)2-5(12)11-6(3)8/h2,7H,1H3,(H,11,12). The third-order valence-corrected chi connectivity index (χ3v) is 2.31. The smallest absolute Gasteiger partial charge is 0.264 e. The van der Waals surface area contributed by atoms with Gasteiger partial charge in [-0.05, 0) is 28.4 Å². The highest BCUT2D eigenvalue weighted by molar-refractivity contribution is 9.10. The fraction of sp³-hybridized carbons (Fsp3) is 0.286. The number of rotatable bonds is 1. The van der Waals surface area contributed by atoms with E-state index in [-0.39, 0.29) is 5.56 Å². The molecule has 0 spiro atoms. The molecule has 12 heavy (non-hydrogen) atoms. The van der Waals surface area contributed by atoms with Crippen molar-refractivity contribution in [2.75, 3.05) is 0 Å². The third kappa shape index (κ3) is 1.72. The molecule has 0 fully saturated rings. The molecule has 0 saturated heterocycles. The van der Waals surface area contributed by atoms with Gasteiger partial charge in [0.05, 0.1) is 4.60 Å². The summed E-state index contributed by atoms with van der Waals surface area (Å²) in [4.78, 5) is 13.1. The first kappa shape index (κ1) is 9.38. The summed E-state index contributed by atoms with van der Waals surface area (Å²) in [6, 6.07) is 0.907. The fourth-order valence-electron chi connectivity index (χ4n) is 0.841. The molecule has 1 heterocycles. The molecule has 1 rings (SSSR count). The second-order valence-corrected chi connectivity index (χ2v) is 3.12. The van der Waals surface area contributed by atoms with Crippen LogP contribution in [0.3, 0.4) is 0 Å². The number of aromatic amines is 1. The van der Waals surface area contributed by atoms with Gasteiger partial charge in [0, 0.05) is 11.6 Å². The highest BCUT2D eigenvalue weighted by atomic mass is 79.9. The molecule has 5 heteroatoms. The van der Waals surface area contributed by atoms with Gasteiger partial charge in [0.2, 0.25) is 5.56 Å². The molecule has 0 bridgehead atoms. The number of aromatic nitrogens is 1. The van der Waals surface area contributed by atoms with E-state index in [4.69, 9.17) is 0 Å². The second-order valence-electron chi connectivity index (χ2n) is 2.33. The van der Waals surface area contributed by atoms with E-state index in [2.05, 4.69) is 20.9 Å². The molecule has 0 amide bonds. The lowest BCUT2D eigenvalue weighted by molar-refractivity contribution is 0.150. The van der Waals surface area contributed by atoms with Gasteiger partial charge >= 0.3 is 0 Å². The van der Waals surface area contributed by atoms with Crippen LogP contribution >= 0.6 is 15.9 Å². The zero-order valence-corrected chi connectivity index (χ0v) is 7.78. The average Bonchev–Trinajstić information content (AvgIpc) is 1.96. The summed E-state index contributed by atoms with van der Waals surface area (Å²) in [5.41, 5.74) is -0.391. The Hall–Kier alpha value is -0.710. The van der Waals surface area contributed by atoms with Crippen LogP contribution in [0, 0.1) is 6.92 Å². The van der Waals surface area contributed by atoms with Crippen LogP contribution in [0.5, 0.6) is 0 Å². The molecule has 1 aromatic rings. The van der Waals surface area contributed by atoms with Crippen LogP contribution in [-0.2, 0) is 0 Å². The van der Waals surface area contributed by atoms with Gasteiger partial charge in [-0.3, -0.25) is 4.79 Å². The Kier molecular flexibility index (Phi) is 2.62. The maximum absolute atomic E-state index is 12.2. The molecule has 0 aliphatic rings. The van der Waals surface area contributed by atoms with Crippen molar-refractivity contribution in [2.45, 2.75) is 13.3 Å². The fourth-order valence-corrected chi connectivity index (χ4v) is 1.27. The quantitative estimate of drug-likeness (QED) is 0.748. The maximum Gasteiger partial charge on any atom is 0.264 e. The molecule has 66 valence electrons. The lowest BCUT2D eigenvalue weighted by Gasteiger charge is -2.04. The monoisotopic (exact) mass is 237 g/mol. The predicted octanol–water partition coefficient (Wildman–Crippen LogP) is 2.38. The van der Waals surface area contributed by atoms with E-state index in [0.717, 1.165) is 6.07 Å². The molecule has 0 saturated carbocycles. The van der Waals surface area contributed by atoms with Crippen LogP contribution < -0.4 is 5.56 Å². The zero-order chi connectivity index (χ0) is 9.30. The van der Waals surface area contributed by atoms with Crippen LogP contribution in [0.2, 0.25) is 0 Å². The van der Waals surface area contributed by atoms with Crippen molar-refractivity contribution >= 4 is 15.9 Å². The molecular weight excluding hydrogens is 232 g/mol. The summed E-state index contributed by atoms with van der Waals surface area (Å²) in [6.07, 6.45) is -2.61. The lowest BCUT2D eigenvalue weighted by atomic mass is 10.2. The van der Waals surface area contributed by atoms with E-state index in [1.54, 1.807) is 0 Å². The summed E-state index contributed by atoms with van der Waals surface area (Å²) in [7, 11) is 0. The minimum atomic E-state index is -2.61. The van der Waals surface area contributed by atoms with Gasteiger partial charge in [-0.25, -0.2) is 8.78 Å². The van der Waals surface area contributed by atoms with E-state index in [1.165, 1.54) is 6.92 Å². The minimum absolute atomic E-state index is 0.231. The predicted molar refractivity (Wildman–Crippen MR) is 44.5 cm³/mol. The van der Waals surface area contributed by atoms with Gasteiger partial charge in [0.25, 0.3) is 6.43 Å². The summed E-state index contributed by atoms with van der Waals surface area (Å²) < 4.78 is 24.7. The van der Waals surface area contributed by atoms with E-state index in [1.807, 2.05) is 0 Å². The number of hydrogen-bond acceptors (Lipinski definition) is 1. The molecule has 0 aliphatic heterocycles. The molecule has 0 aromatic carbocycles. The first-order valence-electron chi connectivity index (χ1n) is 3.20. The molecule has 0 unspecified atom stereocenters. The molecular formula is C7H6BrF2NO. The third-order valence-electron chi connectivity index (χ3n) is 1.52. The van der Waals surface area contributed by atoms with Gasteiger partial charge < -0.3 is 4.98 Å². The molecule has 2 nitrogen and oxygen atoms in total. The molecule has 0 aliphatic carbocycles. The van der Waals surface area contributed by atoms with Crippen LogP contribution in [0.4, 0.5) is 8.78 Å². The molecule has 1 aromatic heterocycles. The molecule has 0 atom stereocenters. The van der Waals surface area contributed by atoms with Crippen molar-refractivity contribution in [3.05, 3.63) is 32.2 Å². The average molecular weight is 238 g/mol. The summed E-state index contributed by atoms with van der Waals surface area (Å²) >= 11 is 2.98. The first-order valence-corrected chi connectivity index (χ1v) is 3.99. The Balaban J connectivity index is 3.38. The zero-order valence-electron chi connectivity index (χ0n) is 6.20. The van der Waals surface area contributed by atoms with Crippen molar-refractivity contribution in [2.24, 2.45) is 0 Å². The first-order chi connectivity index (χ1) is 5.52. The molecule has 1 N–H and O–H groups in total. The highest BCUT2D eigenvalue weighted by Crippen LogP contribution is 2.24. The van der Waals surface area contributed by atoms with E-state index in [0.29, 0.717) is 10.2 Å². The molecule has 0 radical (unpaired) electrons. The van der Waals surface area contributed by atoms with Crippen LogP contribution in [-0.4, -0.2) is 4.98 Å². The van der Waals surface area contributed by atoms with Gasteiger partial charge in [-0.2, -0.15) is 0 Å². The number of pyridine rings is 1. The van der Waals surface area contributed by atoms with E-state index in [9.17, 15) is 13.6 Å². The van der Waals surface area contributed by atoms with Crippen molar-refractivity contribution in [3.8, 4) is 0 Å².